The molecule has 8 aromatic carbocycles. The first-order chi connectivity index (χ1) is 33.0. The van der Waals surface area contributed by atoms with Crippen LogP contribution < -0.4 is 9.80 Å². The van der Waals surface area contributed by atoms with Crippen LogP contribution in [0.15, 0.2) is 224 Å². The minimum atomic E-state index is 0.0695. The van der Waals surface area contributed by atoms with Gasteiger partial charge in [-0.2, -0.15) is 0 Å². The summed E-state index contributed by atoms with van der Waals surface area (Å²) in [5, 5.41) is 4.98. The maximum atomic E-state index is 3.61. The number of anilines is 5. The van der Waals surface area contributed by atoms with Crippen LogP contribution in [0.4, 0.5) is 28.4 Å². The Bertz CT molecular complexity index is 3690. The van der Waals surface area contributed by atoms with Crippen molar-refractivity contribution in [2.24, 2.45) is 5.92 Å². The molecule has 1 atom stereocenters. The number of para-hydroxylation sites is 4. The van der Waals surface area contributed by atoms with Crippen LogP contribution in [-0.2, 0) is 5.41 Å². The second-order valence-electron chi connectivity index (χ2n) is 19.0. The Hall–Kier alpha value is -8.08. The Balaban J connectivity index is 0.897. The van der Waals surface area contributed by atoms with E-state index in [1.54, 1.807) is 0 Å². The fraction of sp³-hybridized carbons (Fsp3) is 0.111. The van der Waals surface area contributed by atoms with Gasteiger partial charge in [-0.3, -0.25) is 0 Å². The number of H-pyrrole nitrogens is 1. The number of fused-ring (bicyclic) bond motifs is 9. The highest BCUT2D eigenvalue weighted by atomic mass is 15.2. The molecule has 1 unspecified atom stereocenters. The zero-order valence-electron chi connectivity index (χ0n) is 37.8. The molecule has 3 aliphatic carbocycles. The van der Waals surface area contributed by atoms with Gasteiger partial charge in [0.2, 0.25) is 0 Å². The number of aromatic amines is 1. The standard InChI is InChI=1S/C63H50N4/c1-63(2)57-22-12-9-19-51(57)54-39-48(33-36-58(54)63)66(50-35-38-62-56(41-50)53-21-11-14-24-61(53)67(62)45-17-7-4-8-18-45)47-31-27-43(28-32-47)42-25-29-46(30-26-42)65(44-15-5-3-6-16-44)49-34-37-60-55(40-49)52-20-10-13-23-59(52)64-60/h3-21,23-25,27-29,31-41,57,64H,22,26,30H2,1-2H3. The molecule has 322 valence electrons. The van der Waals surface area contributed by atoms with Crippen LogP contribution in [0, 0.1) is 5.92 Å². The molecule has 67 heavy (non-hydrogen) atoms. The van der Waals surface area contributed by atoms with Gasteiger partial charge < -0.3 is 19.4 Å². The number of rotatable bonds is 8. The van der Waals surface area contributed by atoms with Crippen molar-refractivity contribution >= 4 is 83.2 Å². The highest BCUT2D eigenvalue weighted by Crippen LogP contribution is 2.54. The predicted octanol–water partition coefficient (Wildman–Crippen LogP) is 17.0. The van der Waals surface area contributed by atoms with Crippen molar-refractivity contribution in [3.05, 3.63) is 241 Å². The molecule has 2 heterocycles. The summed E-state index contributed by atoms with van der Waals surface area (Å²) in [5.41, 5.74) is 19.9. The Morgan fingerprint density at radius 2 is 1.15 bits per heavy atom. The van der Waals surface area contributed by atoms with Crippen LogP contribution in [0.1, 0.15) is 49.8 Å². The summed E-state index contributed by atoms with van der Waals surface area (Å²) in [6, 6.07) is 69.3. The van der Waals surface area contributed by atoms with E-state index in [0.29, 0.717) is 5.92 Å². The number of aromatic nitrogens is 2. The van der Waals surface area contributed by atoms with E-state index in [0.717, 1.165) is 47.4 Å². The van der Waals surface area contributed by atoms with Crippen LogP contribution in [0.25, 0.3) is 60.4 Å². The van der Waals surface area contributed by atoms with E-state index in [2.05, 4.69) is 252 Å². The molecule has 0 bridgehead atoms. The molecule has 0 radical (unpaired) electrons. The number of hydrogen-bond donors (Lipinski definition) is 1. The van der Waals surface area contributed by atoms with Gasteiger partial charge in [0.15, 0.2) is 0 Å². The largest absolute Gasteiger partial charge is 0.355 e. The van der Waals surface area contributed by atoms with E-state index in [4.69, 9.17) is 0 Å². The number of allylic oxidation sites excluding steroid dienone is 8. The van der Waals surface area contributed by atoms with Crippen molar-refractivity contribution in [3.63, 3.8) is 0 Å². The van der Waals surface area contributed by atoms with Crippen LogP contribution in [-0.4, -0.2) is 9.55 Å². The lowest BCUT2D eigenvalue weighted by Gasteiger charge is -2.30. The van der Waals surface area contributed by atoms with Crippen LogP contribution in [0.3, 0.4) is 0 Å². The molecule has 0 saturated heterocycles. The molecule has 1 N–H and O–H groups in total. The topological polar surface area (TPSA) is 27.2 Å². The van der Waals surface area contributed by atoms with Crippen LogP contribution in [0.2, 0.25) is 0 Å². The first kappa shape index (κ1) is 39.3. The average molecular weight is 863 g/mol. The molecule has 0 fully saturated rings. The summed E-state index contributed by atoms with van der Waals surface area (Å²) in [4.78, 5) is 8.51. The molecular formula is C63H50N4. The summed E-state index contributed by atoms with van der Waals surface area (Å²) in [6.07, 6.45) is 14.6. The molecule has 4 nitrogen and oxygen atoms in total. The summed E-state index contributed by atoms with van der Waals surface area (Å²) in [5.74, 6) is 0.484. The SMILES string of the molecule is CC1(C)c2ccc(N(c3ccc(C4=CC=C(N(c5ccccc5)c5ccc6[nH]c7ccccc7c6c5)CC4)cc3)c3ccc4c(c3)c3ccccc3n4-c3ccccc3)cc2C2=CC=CCC21. The second kappa shape index (κ2) is 15.5. The third kappa shape index (κ3) is 6.42. The van der Waals surface area contributed by atoms with E-state index in [1.807, 2.05) is 0 Å². The fourth-order valence-electron chi connectivity index (χ4n) is 11.6. The fourth-order valence-corrected chi connectivity index (χ4v) is 11.6. The molecule has 0 aliphatic heterocycles. The Labute approximate surface area is 391 Å². The van der Waals surface area contributed by atoms with Crippen LogP contribution in [0.5, 0.6) is 0 Å². The maximum absolute atomic E-state index is 3.61. The van der Waals surface area contributed by atoms with Crippen molar-refractivity contribution in [2.45, 2.75) is 38.5 Å². The Morgan fingerprint density at radius 1 is 0.507 bits per heavy atom. The summed E-state index contributed by atoms with van der Waals surface area (Å²) in [6.45, 7) is 4.84. The van der Waals surface area contributed by atoms with Gasteiger partial charge in [0.1, 0.15) is 0 Å². The van der Waals surface area contributed by atoms with Gasteiger partial charge in [-0.15, -0.1) is 0 Å². The summed E-state index contributed by atoms with van der Waals surface area (Å²) >= 11 is 0. The lowest BCUT2D eigenvalue weighted by molar-refractivity contribution is 0.414. The second-order valence-corrected chi connectivity index (χ2v) is 19.0. The van der Waals surface area contributed by atoms with Gasteiger partial charge >= 0.3 is 0 Å². The molecule has 3 aliphatic rings. The summed E-state index contributed by atoms with van der Waals surface area (Å²) in [7, 11) is 0. The van der Waals surface area contributed by atoms with Crippen molar-refractivity contribution in [2.75, 3.05) is 9.80 Å². The summed E-state index contributed by atoms with van der Waals surface area (Å²) < 4.78 is 2.40. The smallest absolute Gasteiger partial charge is 0.0542 e. The van der Waals surface area contributed by atoms with Crippen molar-refractivity contribution in [1.29, 1.82) is 0 Å². The normalized spacial score (nSPS) is 16.2. The van der Waals surface area contributed by atoms with E-state index in [9.17, 15) is 0 Å². The monoisotopic (exact) mass is 862 g/mol. The van der Waals surface area contributed by atoms with Gasteiger partial charge in [0, 0.05) is 72.4 Å². The van der Waals surface area contributed by atoms with Gasteiger partial charge in [0.25, 0.3) is 0 Å². The zero-order chi connectivity index (χ0) is 44.6. The first-order valence-electron chi connectivity index (χ1n) is 23.7. The van der Waals surface area contributed by atoms with Crippen molar-refractivity contribution in [1.82, 2.24) is 9.55 Å². The third-order valence-corrected chi connectivity index (χ3v) is 14.9. The third-order valence-electron chi connectivity index (χ3n) is 14.9. The van der Waals surface area contributed by atoms with Gasteiger partial charge in [-0.05, 0) is 162 Å². The highest BCUT2D eigenvalue weighted by Gasteiger charge is 2.43. The predicted molar refractivity (Wildman–Crippen MR) is 283 cm³/mol. The molecule has 10 aromatic rings. The van der Waals surface area contributed by atoms with E-state index < -0.39 is 0 Å². The van der Waals surface area contributed by atoms with Gasteiger partial charge in [-0.25, -0.2) is 0 Å². The molecular weight excluding hydrogens is 813 g/mol. The number of nitrogens with one attached hydrogen (secondary N) is 1. The lowest BCUT2D eigenvalue weighted by Crippen LogP contribution is -2.23. The molecule has 2 aromatic heterocycles. The van der Waals surface area contributed by atoms with E-state index in [-0.39, 0.29) is 5.41 Å². The minimum Gasteiger partial charge on any atom is -0.355 e. The van der Waals surface area contributed by atoms with Crippen molar-refractivity contribution in [3.8, 4) is 5.69 Å². The molecule has 0 spiro atoms. The van der Waals surface area contributed by atoms with E-state index in [1.165, 1.54) is 83.2 Å². The van der Waals surface area contributed by atoms with Gasteiger partial charge in [0.05, 0.1) is 11.0 Å². The molecule has 4 heteroatoms. The molecule has 13 rings (SSSR count). The van der Waals surface area contributed by atoms with Crippen LogP contribution >= 0.6 is 0 Å². The Kier molecular flexibility index (Phi) is 9.11. The highest BCUT2D eigenvalue weighted by molar-refractivity contribution is 6.11. The zero-order valence-corrected chi connectivity index (χ0v) is 37.8. The minimum absolute atomic E-state index is 0.0695. The lowest BCUT2D eigenvalue weighted by atomic mass is 9.75. The number of benzene rings is 8. The molecule has 0 amide bonds. The quantitative estimate of drug-likeness (QED) is 0.165. The van der Waals surface area contributed by atoms with E-state index >= 15 is 0 Å². The number of hydrogen-bond acceptors (Lipinski definition) is 2. The number of nitrogens with zero attached hydrogens (tertiary/aromatic N) is 3. The molecule has 0 saturated carbocycles. The van der Waals surface area contributed by atoms with Gasteiger partial charge in [-0.1, -0.05) is 129 Å². The first-order valence-corrected chi connectivity index (χ1v) is 23.7. The maximum Gasteiger partial charge on any atom is 0.0542 e. The Morgan fingerprint density at radius 3 is 1.97 bits per heavy atom. The van der Waals surface area contributed by atoms with Crippen molar-refractivity contribution < 1.29 is 0 Å². The average Bonchev–Trinajstić information content (AvgIpc) is 4.00.